The van der Waals surface area contributed by atoms with Gasteiger partial charge in [0.05, 0.1) is 13.2 Å². The summed E-state index contributed by atoms with van der Waals surface area (Å²) in [5, 5.41) is 18.0. The molecule has 15 heavy (non-hydrogen) atoms. The molecule has 0 aromatic carbocycles. The lowest BCUT2D eigenvalue weighted by molar-refractivity contribution is -0.204. The fourth-order valence-corrected chi connectivity index (χ4v) is 0.750. The average molecular weight is 218 g/mol. The van der Waals surface area contributed by atoms with Crippen molar-refractivity contribution in [3.05, 3.63) is 12.2 Å². The van der Waals surface area contributed by atoms with E-state index in [0.717, 1.165) is 6.42 Å². The number of carbonyl (C=O) groups excluding carboxylic acids is 1. The zero-order valence-electron chi connectivity index (χ0n) is 9.10. The summed E-state index contributed by atoms with van der Waals surface area (Å²) in [6.07, 6.45) is -1.65. The van der Waals surface area contributed by atoms with E-state index in [9.17, 15) is 9.90 Å². The first-order valence-electron chi connectivity index (χ1n) is 4.79. The number of rotatable bonds is 7. The van der Waals surface area contributed by atoms with Gasteiger partial charge in [-0.05, 0) is 13.3 Å². The molecule has 5 heteroatoms. The smallest absolute Gasteiger partial charge is 0.335 e. The van der Waals surface area contributed by atoms with Crippen molar-refractivity contribution in [3.63, 3.8) is 0 Å². The molecule has 0 aromatic rings. The standard InChI is InChI=1S/C10H18O5/c1-4-5-14-10(8(12)6-11)15-9(13)7(2)3/h8,10-12H,2,4-6H2,1,3H3. The number of hydrogen-bond donors (Lipinski definition) is 2. The number of aliphatic hydroxyl groups is 2. The van der Waals surface area contributed by atoms with E-state index in [0.29, 0.717) is 6.61 Å². The largest absolute Gasteiger partial charge is 0.429 e. The van der Waals surface area contributed by atoms with Crippen LogP contribution in [0.3, 0.4) is 0 Å². The predicted octanol–water partition coefficient (Wildman–Crippen LogP) is 0.212. The highest BCUT2D eigenvalue weighted by Gasteiger charge is 2.23. The van der Waals surface area contributed by atoms with Crippen LogP contribution in [0, 0.1) is 0 Å². The van der Waals surface area contributed by atoms with Gasteiger partial charge in [0.2, 0.25) is 6.29 Å². The Balaban J connectivity index is 4.23. The van der Waals surface area contributed by atoms with Crippen molar-refractivity contribution in [1.29, 1.82) is 0 Å². The van der Waals surface area contributed by atoms with Crippen LogP contribution in [0.2, 0.25) is 0 Å². The van der Waals surface area contributed by atoms with Crippen molar-refractivity contribution >= 4 is 5.97 Å². The lowest BCUT2D eigenvalue weighted by Crippen LogP contribution is -2.36. The third-order valence-electron chi connectivity index (χ3n) is 1.56. The predicted molar refractivity (Wildman–Crippen MR) is 54.0 cm³/mol. The van der Waals surface area contributed by atoms with Gasteiger partial charge in [0.1, 0.15) is 6.10 Å². The number of hydrogen-bond acceptors (Lipinski definition) is 5. The molecule has 0 amide bonds. The second-order valence-corrected chi connectivity index (χ2v) is 3.17. The van der Waals surface area contributed by atoms with Gasteiger partial charge in [0.25, 0.3) is 0 Å². The van der Waals surface area contributed by atoms with Crippen molar-refractivity contribution in [3.8, 4) is 0 Å². The van der Waals surface area contributed by atoms with Crippen LogP contribution in [0.15, 0.2) is 12.2 Å². The molecule has 0 aliphatic heterocycles. The highest BCUT2D eigenvalue weighted by atomic mass is 16.7. The summed E-state index contributed by atoms with van der Waals surface area (Å²) >= 11 is 0. The monoisotopic (exact) mass is 218 g/mol. The maximum Gasteiger partial charge on any atom is 0.335 e. The number of esters is 1. The molecule has 2 unspecified atom stereocenters. The van der Waals surface area contributed by atoms with Gasteiger partial charge in [-0.3, -0.25) is 0 Å². The van der Waals surface area contributed by atoms with Crippen LogP contribution in [0.4, 0.5) is 0 Å². The molecule has 2 atom stereocenters. The first kappa shape index (κ1) is 14.1. The van der Waals surface area contributed by atoms with Gasteiger partial charge in [-0.25, -0.2) is 4.79 Å². The van der Waals surface area contributed by atoms with Crippen molar-refractivity contribution in [2.75, 3.05) is 13.2 Å². The minimum absolute atomic E-state index is 0.213. The Kier molecular flexibility index (Phi) is 6.94. The van der Waals surface area contributed by atoms with Crippen LogP contribution >= 0.6 is 0 Å². The lowest BCUT2D eigenvalue weighted by atomic mass is 10.3. The lowest BCUT2D eigenvalue weighted by Gasteiger charge is -2.21. The summed E-state index contributed by atoms with van der Waals surface area (Å²) in [6.45, 7) is 6.58. The molecule has 0 aliphatic carbocycles. The molecule has 0 rings (SSSR count). The Morgan fingerprint density at radius 3 is 2.53 bits per heavy atom. The summed E-state index contributed by atoms with van der Waals surface area (Å²) < 4.78 is 9.87. The average Bonchev–Trinajstić information content (AvgIpc) is 2.22. The van der Waals surface area contributed by atoms with Crippen LogP contribution in [0.1, 0.15) is 20.3 Å². The summed E-state index contributed by atoms with van der Waals surface area (Å²) in [7, 11) is 0. The quantitative estimate of drug-likeness (QED) is 0.363. The second kappa shape index (κ2) is 7.39. The normalized spacial score (nSPS) is 14.4. The van der Waals surface area contributed by atoms with Gasteiger partial charge in [-0.15, -0.1) is 0 Å². The van der Waals surface area contributed by atoms with Crippen LogP contribution in [0.5, 0.6) is 0 Å². The number of aliphatic hydroxyl groups excluding tert-OH is 2. The molecule has 88 valence electrons. The minimum Gasteiger partial charge on any atom is -0.429 e. The number of ether oxygens (including phenoxy) is 2. The molecular formula is C10H18O5. The van der Waals surface area contributed by atoms with E-state index in [1.54, 1.807) is 0 Å². The summed E-state index contributed by atoms with van der Waals surface area (Å²) in [6, 6.07) is 0. The first-order chi connectivity index (χ1) is 7.02. The zero-order valence-corrected chi connectivity index (χ0v) is 9.10. The zero-order chi connectivity index (χ0) is 11.8. The fourth-order valence-electron chi connectivity index (χ4n) is 0.750. The van der Waals surface area contributed by atoms with Crippen molar-refractivity contribution in [2.45, 2.75) is 32.7 Å². The molecule has 0 fully saturated rings. The molecule has 2 N–H and O–H groups in total. The highest BCUT2D eigenvalue weighted by molar-refractivity contribution is 5.87. The minimum atomic E-state index is -1.24. The first-order valence-corrected chi connectivity index (χ1v) is 4.79. The Bertz CT molecular complexity index is 214. The van der Waals surface area contributed by atoms with Crippen LogP contribution in [0.25, 0.3) is 0 Å². The van der Waals surface area contributed by atoms with Crippen molar-refractivity contribution in [2.24, 2.45) is 0 Å². The molecule has 0 heterocycles. The molecule has 5 nitrogen and oxygen atoms in total. The van der Waals surface area contributed by atoms with Gasteiger partial charge >= 0.3 is 5.97 Å². The summed E-state index contributed by atoms with van der Waals surface area (Å²) in [5.41, 5.74) is 0.213. The Morgan fingerprint density at radius 2 is 2.13 bits per heavy atom. The summed E-state index contributed by atoms with van der Waals surface area (Å²) in [5.74, 6) is -0.649. The van der Waals surface area contributed by atoms with E-state index in [2.05, 4.69) is 6.58 Å². The van der Waals surface area contributed by atoms with E-state index >= 15 is 0 Å². The van der Waals surface area contributed by atoms with Gasteiger partial charge in [-0.1, -0.05) is 13.5 Å². The summed E-state index contributed by atoms with van der Waals surface area (Å²) in [4.78, 5) is 11.1. The topological polar surface area (TPSA) is 76.0 Å². The Labute approximate surface area is 89.3 Å². The van der Waals surface area contributed by atoms with Crippen molar-refractivity contribution in [1.82, 2.24) is 0 Å². The molecule has 0 aromatic heterocycles. The number of carbonyl (C=O) groups is 1. The molecule has 0 bridgehead atoms. The molecule has 0 saturated heterocycles. The third-order valence-corrected chi connectivity index (χ3v) is 1.56. The maximum atomic E-state index is 11.1. The molecule has 0 saturated carbocycles. The third kappa shape index (κ3) is 5.51. The van der Waals surface area contributed by atoms with Crippen LogP contribution in [-0.4, -0.2) is 41.8 Å². The van der Waals surface area contributed by atoms with Crippen LogP contribution < -0.4 is 0 Å². The van der Waals surface area contributed by atoms with E-state index in [4.69, 9.17) is 14.6 Å². The second-order valence-electron chi connectivity index (χ2n) is 3.17. The molecule has 0 spiro atoms. The maximum absolute atomic E-state index is 11.1. The van der Waals surface area contributed by atoms with Crippen LogP contribution in [-0.2, 0) is 14.3 Å². The molecular weight excluding hydrogens is 200 g/mol. The van der Waals surface area contributed by atoms with E-state index < -0.39 is 25.0 Å². The van der Waals surface area contributed by atoms with Gasteiger partial charge in [0.15, 0.2) is 0 Å². The van der Waals surface area contributed by atoms with E-state index in [-0.39, 0.29) is 5.57 Å². The van der Waals surface area contributed by atoms with Crippen molar-refractivity contribution < 1.29 is 24.5 Å². The van der Waals surface area contributed by atoms with E-state index in [1.165, 1.54) is 6.92 Å². The van der Waals surface area contributed by atoms with Gasteiger partial charge < -0.3 is 19.7 Å². The van der Waals surface area contributed by atoms with Gasteiger partial charge in [0, 0.05) is 5.57 Å². The fraction of sp³-hybridized carbons (Fsp3) is 0.700. The Hall–Kier alpha value is -0.910. The molecule has 0 radical (unpaired) electrons. The molecule has 0 aliphatic rings. The SMILES string of the molecule is C=C(C)C(=O)OC(OCCC)C(O)CO. The Morgan fingerprint density at radius 1 is 1.53 bits per heavy atom. The van der Waals surface area contributed by atoms with Gasteiger partial charge in [-0.2, -0.15) is 0 Å². The van der Waals surface area contributed by atoms with E-state index in [1.807, 2.05) is 6.92 Å². The highest BCUT2D eigenvalue weighted by Crippen LogP contribution is 2.06.